The highest BCUT2D eigenvalue weighted by molar-refractivity contribution is 7.17. The van der Waals surface area contributed by atoms with Gasteiger partial charge in [0.05, 0.1) is 23.4 Å². The van der Waals surface area contributed by atoms with Gasteiger partial charge in [0.15, 0.2) is 0 Å². The lowest BCUT2D eigenvalue weighted by Gasteiger charge is -2.20. The van der Waals surface area contributed by atoms with Gasteiger partial charge in [-0.2, -0.15) is 9.61 Å². The highest BCUT2D eigenvalue weighted by Gasteiger charge is 2.15. The van der Waals surface area contributed by atoms with Crippen molar-refractivity contribution < 1.29 is 0 Å². The summed E-state index contributed by atoms with van der Waals surface area (Å²) in [6.45, 7) is 4.63. The number of rotatable bonds is 4. The van der Waals surface area contributed by atoms with Gasteiger partial charge in [-0.05, 0) is 23.4 Å². The number of anilines is 1. The van der Waals surface area contributed by atoms with Crippen molar-refractivity contribution in [3.8, 4) is 0 Å². The van der Waals surface area contributed by atoms with Crippen LogP contribution < -0.4 is 10.5 Å². The summed E-state index contributed by atoms with van der Waals surface area (Å²) < 4.78 is 2.33. The second-order valence-electron chi connectivity index (χ2n) is 6.21. The molecule has 0 aliphatic heterocycles. The van der Waals surface area contributed by atoms with E-state index in [4.69, 9.17) is 0 Å². The number of nitrogens with one attached hydrogen (secondary N) is 1. The lowest BCUT2D eigenvalue weighted by atomic mass is 10.1. The number of aromatic amines is 1. The number of nitrogens with zero attached hydrogens (tertiary/aromatic N) is 6. The molecule has 25 heavy (non-hydrogen) atoms. The van der Waals surface area contributed by atoms with Gasteiger partial charge < -0.3 is 9.88 Å². The van der Waals surface area contributed by atoms with E-state index in [1.54, 1.807) is 10.8 Å². The van der Waals surface area contributed by atoms with E-state index in [0.717, 1.165) is 16.9 Å². The molecule has 4 rings (SSSR count). The van der Waals surface area contributed by atoms with Crippen LogP contribution in [0.3, 0.4) is 0 Å². The normalized spacial score (nSPS) is 11.7. The minimum atomic E-state index is -0.103. The van der Waals surface area contributed by atoms with E-state index >= 15 is 0 Å². The van der Waals surface area contributed by atoms with Crippen molar-refractivity contribution in [2.75, 3.05) is 11.9 Å². The summed E-state index contributed by atoms with van der Waals surface area (Å²) >= 11 is 1.40. The molecule has 4 heterocycles. The van der Waals surface area contributed by atoms with E-state index in [-0.39, 0.29) is 11.5 Å². The molecule has 9 heteroatoms. The van der Waals surface area contributed by atoms with Gasteiger partial charge >= 0.3 is 0 Å². The highest BCUT2D eigenvalue weighted by atomic mass is 32.1. The summed E-state index contributed by atoms with van der Waals surface area (Å²) in [5.41, 5.74) is 3.13. The monoisotopic (exact) mass is 355 g/mol. The van der Waals surface area contributed by atoms with Crippen molar-refractivity contribution in [1.29, 1.82) is 0 Å². The fourth-order valence-corrected chi connectivity index (χ4v) is 3.42. The molecule has 8 nitrogen and oxygen atoms in total. The van der Waals surface area contributed by atoms with Crippen LogP contribution >= 0.6 is 11.3 Å². The van der Waals surface area contributed by atoms with Gasteiger partial charge in [0.25, 0.3) is 5.56 Å². The standard InChI is InChI=1S/C16H17N7OS/c1-9(2)11-6-12(15-20-17-8-23(15)21-11)22(3)7-13-18-10-4-5-25-14(10)16(24)19-13/h4-6,8-9H,7H2,1-3H3,(H,18,19,24). The maximum atomic E-state index is 12.2. The van der Waals surface area contributed by atoms with Crippen LogP contribution in [0.1, 0.15) is 31.3 Å². The zero-order valence-electron chi connectivity index (χ0n) is 14.1. The third-order valence-electron chi connectivity index (χ3n) is 4.02. The van der Waals surface area contributed by atoms with E-state index in [0.29, 0.717) is 22.7 Å². The van der Waals surface area contributed by atoms with E-state index in [2.05, 4.69) is 39.1 Å². The first kappa shape index (κ1) is 15.7. The Kier molecular flexibility index (Phi) is 3.72. The minimum absolute atomic E-state index is 0.103. The van der Waals surface area contributed by atoms with Crippen LogP contribution in [0.5, 0.6) is 0 Å². The number of hydrogen-bond donors (Lipinski definition) is 1. The van der Waals surface area contributed by atoms with E-state index < -0.39 is 0 Å². The molecule has 4 aromatic rings. The van der Waals surface area contributed by atoms with Gasteiger partial charge in [-0.3, -0.25) is 4.79 Å². The molecule has 0 radical (unpaired) electrons. The summed E-state index contributed by atoms with van der Waals surface area (Å²) in [6.07, 6.45) is 1.59. The van der Waals surface area contributed by atoms with Crippen LogP contribution in [-0.4, -0.2) is 36.8 Å². The molecule has 0 amide bonds. The lowest BCUT2D eigenvalue weighted by Crippen LogP contribution is -2.22. The predicted octanol–water partition coefficient (Wildman–Crippen LogP) is 2.18. The molecule has 0 unspecified atom stereocenters. The molecule has 4 aromatic heterocycles. The molecular formula is C16H17N7OS. The predicted molar refractivity (Wildman–Crippen MR) is 97.2 cm³/mol. The Hall–Kier alpha value is -2.81. The second-order valence-corrected chi connectivity index (χ2v) is 7.13. The molecule has 0 saturated carbocycles. The van der Waals surface area contributed by atoms with Gasteiger partial charge in [0.1, 0.15) is 16.9 Å². The third kappa shape index (κ3) is 2.76. The average Bonchev–Trinajstić information content (AvgIpc) is 3.22. The SMILES string of the molecule is CC(C)c1cc(N(C)Cc2nc3ccsc3c(=O)[nH]2)c2nncn2n1. The zero-order chi connectivity index (χ0) is 17.6. The molecule has 0 fully saturated rings. The smallest absolute Gasteiger partial charge is 0.268 e. The highest BCUT2D eigenvalue weighted by Crippen LogP contribution is 2.24. The third-order valence-corrected chi connectivity index (χ3v) is 4.92. The first-order valence-corrected chi connectivity index (χ1v) is 8.79. The molecule has 0 bridgehead atoms. The Balaban J connectivity index is 1.74. The largest absolute Gasteiger partial charge is 0.364 e. The Labute approximate surface area is 147 Å². The van der Waals surface area contributed by atoms with Gasteiger partial charge in [-0.15, -0.1) is 21.5 Å². The van der Waals surface area contributed by atoms with Crippen molar-refractivity contribution in [3.05, 3.63) is 45.7 Å². The molecule has 0 aliphatic rings. The second kappa shape index (κ2) is 5.92. The molecule has 0 aromatic carbocycles. The Morgan fingerprint density at radius 1 is 1.40 bits per heavy atom. The lowest BCUT2D eigenvalue weighted by molar-refractivity contribution is 0.754. The van der Waals surface area contributed by atoms with Crippen LogP contribution in [0, 0.1) is 0 Å². The van der Waals surface area contributed by atoms with Gasteiger partial charge in [0.2, 0.25) is 5.65 Å². The van der Waals surface area contributed by atoms with Crippen LogP contribution in [-0.2, 0) is 6.54 Å². The number of hydrogen-bond acceptors (Lipinski definition) is 7. The van der Waals surface area contributed by atoms with Crippen LogP contribution in [0.25, 0.3) is 15.9 Å². The summed E-state index contributed by atoms with van der Waals surface area (Å²) in [6, 6.07) is 3.87. The topological polar surface area (TPSA) is 92.1 Å². The van der Waals surface area contributed by atoms with Crippen molar-refractivity contribution in [3.63, 3.8) is 0 Å². The van der Waals surface area contributed by atoms with Crippen LogP contribution in [0.4, 0.5) is 5.69 Å². The van der Waals surface area contributed by atoms with Gasteiger partial charge in [0, 0.05) is 7.05 Å². The zero-order valence-corrected chi connectivity index (χ0v) is 14.9. The molecule has 0 aliphatic carbocycles. The van der Waals surface area contributed by atoms with Crippen molar-refractivity contribution >= 4 is 32.9 Å². The number of aromatic nitrogens is 6. The summed E-state index contributed by atoms with van der Waals surface area (Å²) in [7, 11) is 1.94. The molecule has 0 atom stereocenters. The van der Waals surface area contributed by atoms with E-state index in [1.165, 1.54) is 11.3 Å². The molecule has 0 spiro atoms. The maximum absolute atomic E-state index is 12.2. The Morgan fingerprint density at radius 2 is 2.24 bits per heavy atom. The fraction of sp³-hybridized carbons (Fsp3) is 0.312. The van der Waals surface area contributed by atoms with Crippen LogP contribution in [0.15, 0.2) is 28.6 Å². The molecule has 128 valence electrons. The quantitative estimate of drug-likeness (QED) is 0.603. The first-order chi connectivity index (χ1) is 12.0. The van der Waals surface area contributed by atoms with Gasteiger partial charge in [-0.1, -0.05) is 13.8 Å². The number of thiophene rings is 1. The van der Waals surface area contributed by atoms with E-state index in [9.17, 15) is 4.79 Å². The number of H-pyrrole nitrogens is 1. The summed E-state index contributed by atoms with van der Waals surface area (Å²) in [5, 5.41) is 14.5. The van der Waals surface area contributed by atoms with Crippen molar-refractivity contribution in [1.82, 2.24) is 29.8 Å². The van der Waals surface area contributed by atoms with Crippen molar-refractivity contribution in [2.45, 2.75) is 26.3 Å². The minimum Gasteiger partial charge on any atom is -0.364 e. The Morgan fingerprint density at radius 3 is 3.04 bits per heavy atom. The first-order valence-electron chi connectivity index (χ1n) is 7.91. The van der Waals surface area contributed by atoms with E-state index in [1.807, 2.05) is 29.5 Å². The van der Waals surface area contributed by atoms with Crippen LogP contribution in [0.2, 0.25) is 0 Å². The summed E-state index contributed by atoms with van der Waals surface area (Å²) in [5.74, 6) is 0.887. The average molecular weight is 355 g/mol. The molecular weight excluding hydrogens is 338 g/mol. The summed E-state index contributed by atoms with van der Waals surface area (Å²) in [4.78, 5) is 21.5. The molecule has 0 saturated heterocycles. The Bertz CT molecular complexity index is 1110. The fourth-order valence-electron chi connectivity index (χ4n) is 2.70. The molecule has 1 N–H and O–H groups in total. The van der Waals surface area contributed by atoms with Gasteiger partial charge in [-0.25, -0.2) is 4.98 Å². The maximum Gasteiger partial charge on any atom is 0.268 e. The number of fused-ring (bicyclic) bond motifs is 2. The van der Waals surface area contributed by atoms with Crippen molar-refractivity contribution in [2.24, 2.45) is 0 Å².